The van der Waals surface area contributed by atoms with E-state index in [0.717, 1.165) is 0 Å². The Morgan fingerprint density at radius 1 is 1.25 bits per heavy atom. The normalized spacial score (nSPS) is 14.8. The summed E-state index contributed by atoms with van der Waals surface area (Å²) in [6, 6.07) is 8.32. The van der Waals surface area contributed by atoms with Gasteiger partial charge in [0.2, 0.25) is 0 Å². The van der Waals surface area contributed by atoms with Crippen molar-refractivity contribution in [3.8, 4) is 0 Å². The quantitative estimate of drug-likeness (QED) is 0.877. The second kappa shape index (κ2) is 4.55. The number of sulfone groups is 1. The maximum Gasteiger partial charge on any atom is 0.178 e. The van der Waals surface area contributed by atoms with Crippen molar-refractivity contribution >= 4 is 9.84 Å². The molecule has 3 nitrogen and oxygen atoms in total. The molecule has 0 fully saturated rings. The van der Waals surface area contributed by atoms with Crippen LogP contribution in [-0.2, 0) is 9.84 Å². The van der Waals surface area contributed by atoms with Crippen LogP contribution >= 0.6 is 0 Å². The van der Waals surface area contributed by atoms with E-state index >= 15 is 0 Å². The third kappa shape index (κ3) is 3.32. The van der Waals surface area contributed by atoms with Gasteiger partial charge in [-0.1, -0.05) is 25.1 Å². The first-order chi connectivity index (χ1) is 7.23. The molecule has 0 unspecified atom stereocenters. The van der Waals surface area contributed by atoms with Crippen molar-refractivity contribution in [1.29, 1.82) is 0 Å². The summed E-state index contributed by atoms with van der Waals surface area (Å²) in [5.41, 5.74) is -0.984. The molecule has 0 aliphatic rings. The summed E-state index contributed by atoms with van der Waals surface area (Å²) < 4.78 is 24.0. The van der Waals surface area contributed by atoms with Crippen LogP contribution in [0.2, 0.25) is 0 Å². The minimum atomic E-state index is -3.30. The summed E-state index contributed by atoms with van der Waals surface area (Å²) >= 11 is 0. The predicted octanol–water partition coefficient (Wildman–Crippen LogP) is 1.87. The van der Waals surface area contributed by atoms with Gasteiger partial charge in [-0.2, -0.15) is 0 Å². The molecule has 0 heterocycles. The summed E-state index contributed by atoms with van der Waals surface area (Å²) in [6.45, 7) is 4.98. The molecule has 0 aliphatic heterocycles. The van der Waals surface area contributed by atoms with Crippen molar-refractivity contribution in [2.24, 2.45) is 5.92 Å². The molecule has 0 aromatic heterocycles. The molecule has 1 aromatic rings. The zero-order valence-corrected chi connectivity index (χ0v) is 10.7. The molecule has 0 bridgehead atoms. The summed E-state index contributed by atoms with van der Waals surface area (Å²) in [4.78, 5) is 0.311. The van der Waals surface area contributed by atoms with E-state index in [-0.39, 0.29) is 11.7 Å². The van der Waals surface area contributed by atoms with Crippen LogP contribution in [0.3, 0.4) is 0 Å². The molecule has 0 aliphatic carbocycles. The van der Waals surface area contributed by atoms with Gasteiger partial charge in [0.15, 0.2) is 9.84 Å². The SMILES string of the molecule is C[C@@H](CS(=O)(=O)c1ccccc1)C(C)(C)O. The van der Waals surface area contributed by atoms with Crippen molar-refractivity contribution < 1.29 is 13.5 Å². The fraction of sp³-hybridized carbons (Fsp3) is 0.500. The Bertz CT molecular complexity index is 429. The topological polar surface area (TPSA) is 54.4 Å². The van der Waals surface area contributed by atoms with E-state index in [4.69, 9.17) is 0 Å². The molecule has 1 atom stereocenters. The van der Waals surface area contributed by atoms with Crippen molar-refractivity contribution in [2.45, 2.75) is 31.3 Å². The third-order valence-corrected chi connectivity index (χ3v) is 4.71. The van der Waals surface area contributed by atoms with Crippen molar-refractivity contribution in [3.05, 3.63) is 30.3 Å². The number of rotatable bonds is 4. The minimum Gasteiger partial charge on any atom is -0.390 e. The van der Waals surface area contributed by atoms with Crippen LogP contribution in [0, 0.1) is 5.92 Å². The van der Waals surface area contributed by atoms with Crippen LogP contribution in [0.4, 0.5) is 0 Å². The van der Waals surface area contributed by atoms with Crippen LogP contribution < -0.4 is 0 Å². The van der Waals surface area contributed by atoms with Gasteiger partial charge in [-0.3, -0.25) is 0 Å². The van der Waals surface area contributed by atoms with Crippen LogP contribution in [0.1, 0.15) is 20.8 Å². The van der Waals surface area contributed by atoms with Crippen LogP contribution in [0.15, 0.2) is 35.2 Å². The molecule has 0 saturated heterocycles. The second-order valence-corrected chi connectivity index (χ2v) is 6.68. The lowest BCUT2D eigenvalue weighted by Crippen LogP contribution is -2.33. The van der Waals surface area contributed by atoms with E-state index in [2.05, 4.69) is 0 Å². The maximum absolute atomic E-state index is 12.0. The molecule has 1 aromatic carbocycles. The lowest BCUT2D eigenvalue weighted by atomic mass is 9.95. The standard InChI is InChI=1S/C12H18O3S/c1-10(12(2,3)13)9-16(14,15)11-7-5-4-6-8-11/h4-8,10,13H,9H2,1-3H3/t10-/m0/s1. The molecule has 16 heavy (non-hydrogen) atoms. The highest BCUT2D eigenvalue weighted by molar-refractivity contribution is 7.91. The smallest absolute Gasteiger partial charge is 0.178 e. The van der Waals surface area contributed by atoms with E-state index in [9.17, 15) is 13.5 Å². The van der Waals surface area contributed by atoms with Crippen LogP contribution in [0.5, 0.6) is 0 Å². The van der Waals surface area contributed by atoms with Gasteiger partial charge in [0, 0.05) is 0 Å². The molecule has 90 valence electrons. The molecule has 0 amide bonds. The summed E-state index contributed by atoms with van der Waals surface area (Å²) in [6.07, 6.45) is 0. The molecule has 1 rings (SSSR count). The minimum absolute atomic E-state index is 0.0412. The van der Waals surface area contributed by atoms with E-state index in [1.165, 1.54) is 0 Å². The Morgan fingerprint density at radius 2 is 1.75 bits per heavy atom. The van der Waals surface area contributed by atoms with Crippen LogP contribution in [-0.4, -0.2) is 24.9 Å². The monoisotopic (exact) mass is 242 g/mol. The molecule has 4 heteroatoms. The number of aliphatic hydroxyl groups is 1. The highest BCUT2D eigenvalue weighted by atomic mass is 32.2. The van der Waals surface area contributed by atoms with Gasteiger partial charge in [0.05, 0.1) is 16.2 Å². The number of hydrogen-bond donors (Lipinski definition) is 1. The largest absolute Gasteiger partial charge is 0.390 e. The third-order valence-electron chi connectivity index (χ3n) is 2.78. The van der Waals surface area contributed by atoms with Crippen molar-refractivity contribution in [2.75, 3.05) is 5.75 Å². The van der Waals surface area contributed by atoms with Gasteiger partial charge >= 0.3 is 0 Å². The van der Waals surface area contributed by atoms with Gasteiger partial charge in [-0.25, -0.2) is 8.42 Å². The summed E-state index contributed by atoms with van der Waals surface area (Å²) in [7, 11) is -3.30. The van der Waals surface area contributed by atoms with Gasteiger partial charge in [0.25, 0.3) is 0 Å². The Balaban J connectivity index is 2.90. The average Bonchev–Trinajstić information content (AvgIpc) is 2.17. The molecule has 0 saturated carbocycles. The highest BCUT2D eigenvalue weighted by Gasteiger charge is 2.28. The van der Waals surface area contributed by atoms with Gasteiger partial charge < -0.3 is 5.11 Å². The fourth-order valence-electron chi connectivity index (χ4n) is 1.26. The summed E-state index contributed by atoms with van der Waals surface area (Å²) in [5.74, 6) is -0.349. The van der Waals surface area contributed by atoms with Gasteiger partial charge in [-0.05, 0) is 31.9 Å². The Morgan fingerprint density at radius 3 is 2.19 bits per heavy atom. The lowest BCUT2D eigenvalue weighted by Gasteiger charge is -2.25. The van der Waals surface area contributed by atoms with Crippen LogP contribution in [0.25, 0.3) is 0 Å². The Labute approximate surface area is 97.0 Å². The van der Waals surface area contributed by atoms with E-state index in [1.807, 2.05) is 0 Å². The summed E-state index contributed by atoms with van der Waals surface area (Å²) in [5, 5.41) is 9.73. The Kier molecular flexibility index (Phi) is 3.76. The lowest BCUT2D eigenvalue weighted by molar-refractivity contribution is 0.0339. The van der Waals surface area contributed by atoms with Gasteiger partial charge in [-0.15, -0.1) is 0 Å². The zero-order valence-electron chi connectivity index (χ0n) is 9.84. The second-order valence-electron chi connectivity index (χ2n) is 4.65. The maximum atomic E-state index is 12.0. The molecular formula is C12H18O3S. The predicted molar refractivity (Wildman–Crippen MR) is 64.0 cm³/mol. The highest BCUT2D eigenvalue weighted by Crippen LogP contribution is 2.21. The van der Waals surface area contributed by atoms with E-state index < -0.39 is 15.4 Å². The fourth-order valence-corrected chi connectivity index (χ4v) is 3.09. The molecular weight excluding hydrogens is 224 g/mol. The first kappa shape index (κ1) is 13.2. The zero-order chi connectivity index (χ0) is 12.4. The van der Waals surface area contributed by atoms with E-state index in [0.29, 0.717) is 4.90 Å². The molecule has 1 N–H and O–H groups in total. The number of hydrogen-bond acceptors (Lipinski definition) is 3. The average molecular weight is 242 g/mol. The Hall–Kier alpha value is -0.870. The molecule has 0 spiro atoms. The first-order valence-electron chi connectivity index (χ1n) is 5.23. The first-order valence-corrected chi connectivity index (χ1v) is 6.89. The van der Waals surface area contributed by atoms with E-state index in [1.54, 1.807) is 51.1 Å². The molecule has 0 radical (unpaired) electrons. The number of benzene rings is 1. The van der Waals surface area contributed by atoms with Gasteiger partial charge in [0.1, 0.15) is 0 Å². The van der Waals surface area contributed by atoms with Crippen molar-refractivity contribution in [3.63, 3.8) is 0 Å². The van der Waals surface area contributed by atoms with Crippen molar-refractivity contribution in [1.82, 2.24) is 0 Å².